The summed E-state index contributed by atoms with van der Waals surface area (Å²) in [7, 11) is 0. The van der Waals surface area contributed by atoms with Crippen LogP contribution >= 0.6 is 0 Å². The molecule has 0 aliphatic rings. The lowest BCUT2D eigenvalue weighted by Crippen LogP contribution is -2.16. The fraction of sp³-hybridized carbons (Fsp3) is 0.417. The maximum absolute atomic E-state index is 6.06. The molecule has 0 aliphatic heterocycles. The van der Waals surface area contributed by atoms with Crippen LogP contribution in [0.15, 0.2) is 54.6 Å². The maximum Gasteiger partial charge on any atom is 0.119 e. The van der Waals surface area contributed by atoms with Crippen molar-refractivity contribution >= 4 is 6.08 Å². The van der Waals surface area contributed by atoms with Crippen molar-refractivity contribution in [3.63, 3.8) is 0 Å². The van der Waals surface area contributed by atoms with Gasteiger partial charge in [0, 0.05) is 0 Å². The monoisotopic (exact) mass is 336 g/mol. The van der Waals surface area contributed by atoms with Gasteiger partial charge in [-0.25, -0.2) is 0 Å². The Morgan fingerprint density at radius 2 is 1.36 bits per heavy atom. The molecule has 0 heterocycles. The summed E-state index contributed by atoms with van der Waals surface area (Å²) >= 11 is 0. The predicted molar refractivity (Wildman–Crippen MR) is 109 cm³/mol. The second-order valence-corrected chi connectivity index (χ2v) is 8.70. The number of hydrogen-bond acceptors (Lipinski definition) is 1. The first-order valence-electron chi connectivity index (χ1n) is 9.17. The molecule has 0 unspecified atom stereocenters. The van der Waals surface area contributed by atoms with Crippen molar-refractivity contribution in [2.75, 3.05) is 6.61 Å². The molecule has 0 saturated heterocycles. The van der Waals surface area contributed by atoms with Crippen molar-refractivity contribution < 1.29 is 4.74 Å². The van der Waals surface area contributed by atoms with Crippen LogP contribution in [-0.2, 0) is 10.8 Å². The molecule has 0 saturated carbocycles. The number of rotatable bonds is 5. The molecular formula is C24H32O. The van der Waals surface area contributed by atoms with Crippen molar-refractivity contribution in [1.29, 1.82) is 0 Å². The lowest BCUT2D eigenvalue weighted by atomic mass is 9.80. The van der Waals surface area contributed by atoms with Gasteiger partial charge in [0.25, 0.3) is 0 Å². The Kier molecular flexibility index (Phi) is 6.11. The van der Waals surface area contributed by atoms with Gasteiger partial charge in [-0.15, -0.1) is 0 Å². The SMILES string of the molecule is CC(C)(C)c1cc(OCCC=Cc2ccccc2)cc(C(C)(C)C)c1. The van der Waals surface area contributed by atoms with Gasteiger partial charge in [-0.2, -0.15) is 0 Å². The molecule has 0 atom stereocenters. The van der Waals surface area contributed by atoms with Gasteiger partial charge in [-0.1, -0.05) is 90.1 Å². The minimum absolute atomic E-state index is 0.118. The minimum atomic E-state index is 0.118. The molecule has 2 aromatic rings. The lowest BCUT2D eigenvalue weighted by molar-refractivity contribution is 0.323. The third-order valence-corrected chi connectivity index (χ3v) is 4.30. The second-order valence-electron chi connectivity index (χ2n) is 8.70. The highest BCUT2D eigenvalue weighted by molar-refractivity contribution is 5.48. The summed E-state index contributed by atoms with van der Waals surface area (Å²) < 4.78 is 6.06. The summed E-state index contributed by atoms with van der Waals surface area (Å²) in [6.07, 6.45) is 5.22. The second kappa shape index (κ2) is 7.91. The summed E-state index contributed by atoms with van der Waals surface area (Å²) in [4.78, 5) is 0. The van der Waals surface area contributed by atoms with E-state index in [-0.39, 0.29) is 10.8 Å². The molecule has 25 heavy (non-hydrogen) atoms. The third-order valence-electron chi connectivity index (χ3n) is 4.30. The molecule has 0 aromatic heterocycles. The van der Waals surface area contributed by atoms with Gasteiger partial charge in [0.2, 0.25) is 0 Å². The van der Waals surface area contributed by atoms with E-state index in [1.54, 1.807) is 0 Å². The van der Waals surface area contributed by atoms with Crippen molar-refractivity contribution in [2.24, 2.45) is 0 Å². The molecule has 0 aliphatic carbocycles. The average molecular weight is 337 g/mol. The molecule has 1 heteroatoms. The zero-order chi connectivity index (χ0) is 18.5. The van der Waals surface area contributed by atoms with Gasteiger partial charge in [-0.05, 0) is 46.1 Å². The Hall–Kier alpha value is -2.02. The standard InChI is InChI=1S/C24H32O/c1-23(2,3)20-16-21(24(4,5)6)18-22(17-20)25-15-11-10-14-19-12-8-7-9-13-19/h7-10,12-14,16-18H,11,15H2,1-6H3. The molecule has 0 amide bonds. The molecule has 0 spiro atoms. The van der Waals surface area contributed by atoms with Gasteiger partial charge in [0.05, 0.1) is 6.61 Å². The van der Waals surface area contributed by atoms with E-state index in [1.165, 1.54) is 16.7 Å². The van der Waals surface area contributed by atoms with Crippen LogP contribution in [0.25, 0.3) is 6.08 Å². The zero-order valence-corrected chi connectivity index (χ0v) is 16.6. The normalized spacial score (nSPS) is 12.6. The third kappa shape index (κ3) is 6.08. The van der Waals surface area contributed by atoms with Crippen LogP contribution in [0.2, 0.25) is 0 Å². The van der Waals surface area contributed by atoms with Crippen LogP contribution in [0, 0.1) is 0 Å². The fourth-order valence-electron chi connectivity index (χ4n) is 2.58. The molecule has 2 rings (SSSR count). The van der Waals surface area contributed by atoms with Gasteiger partial charge in [0.1, 0.15) is 5.75 Å². The predicted octanol–water partition coefficient (Wildman–Crippen LogP) is 6.76. The van der Waals surface area contributed by atoms with E-state index in [0.717, 1.165) is 12.2 Å². The van der Waals surface area contributed by atoms with Gasteiger partial charge < -0.3 is 4.74 Å². The zero-order valence-electron chi connectivity index (χ0n) is 16.6. The average Bonchev–Trinajstić information content (AvgIpc) is 2.53. The van der Waals surface area contributed by atoms with Crippen LogP contribution in [0.1, 0.15) is 64.7 Å². The quantitative estimate of drug-likeness (QED) is 0.548. The highest BCUT2D eigenvalue weighted by Gasteiger charge is 2.20. The molecular weight excluding hydrogens is 304 g/mol. The highest BCUT2D eigenvalue weighted by Crippen LogP contribution is 2.32. The van der Waals surface area contributed by atoms with Crippen LogP contribution in [0.5, 0.6) is 5.75 Å². The largest absolute Gasteiger partial charge is 0.493 e. The van der Waals surface area contributed by atoms with Crippen LogP contribution in [-0.4, -0.2) is 6.61 Å². The summed E-state index contributed by atoms with van der Waals surface area (Å²) in [5.41, 5.74) is 4.12. The molecule has 0 fully saturated rings. The molecule has 2 aromatic carbocycles. The van der Waals surface area contributed by atoms with E-state index in [4.69, 9.17) is 4.74 Å². The topological polar surface area (TPSA) is 9.23 Å². The van der Waals surface area contributed by atoms with Crippen molar-refractivity contribution in [1.82, 2.24) is 0 Å². The molecule has 0 bridgehead atoms. The minimum Gasteiger partial charge on any atom is -0.493 e. The Morgan fingerprint density at radius 3 is 1.88 bits per heavy atom. The lowest BCUT2D eigenvalue weighted by Gasteiger charge is -2.26. The first kappa shape index (κ1) is 19.3. The van der Waals surface area contributed by atoms with E-state index < -0.39 is 0 Å². The van der Waals surface area contributed by atoms with E-state index >= 15 is 0 Å². The van der Waals surface area contributed by atoms with E-state index in [1.807, 2.05) is 6.07 Å². The first-order chi connectivity index (χ1) is 11.7. The van der Waals surface area contributed by atoms with Crippen molar-refractivity contribution in [2.45, 2.75) is 58.8 Å². The van der Waals surface area contributed by atoms with Crippen molar-refractivity contribution in [3.8, 4) is 5.75 Å². The summed E-state index contributed by atoms with van der Waals surface area (Å²) in [5, 5.41) is 0. The van der Waals surface area contributed by atoms with Crippen molar-refractivity contribution in [3.05, 3.63) is 71.3 Å². The number of ether oxygens (including phenoxy) is 1. The van der Waals surface area contributed by atoms with E-state index in [2.05, 4.69) is 96.2 Å². The number of hydrogen-bond donors (Lipinski definition) is 0. The number of benzene rings is 2. The summed E-state index contributed by atoms with van der Waals surface area (Å²) in [6.45, 7) is 14.2. The Balaban J connectivity index is 2.04. The van der Waals surface area contributed by atoms with Gasteiger partial charge in [0.15, 0.2) is 0 Å². The molecule has 0 radical (unpaired) electrons. The van der Waals surface area contributed by atoms with Crippen LogP contribution in [0.4, 0.5) is 0 Å². The Bertz CT molecular complexity index is 665. The smallest absolute Gasteiger partial charge is 0.119 e. The van der Waals surface area contributed by atoms with Gasteiger partial charge in [-0.3, -0.25) is 0 Å². The summed E-state index contributed by atoms with van der Waals surface area (Å²) in [6, 6.07) is 17.1. The summed E-state index contributed by atoms with van der Waals surface area (Å²) in [5.74, 6) is 0.977. The molecule has 134 valence electrons. The highest BCUT2D eigenvalue weighted by atomic mass is 16.5. The Morgan fingerprint density at radius 1 is 0.800 bits per heavy atom. The van der Waals surface area contributed by atoms with E-state index in [9.17, 15) is 0 Å². The molecule has 1 nitrogen and oxygen atoms in total. The van der Waals surface area contributed by atoms with Crippen LogP contribution in [0.3, 0.4) is 0 Å². The van der Waals surface area contributed by atoms with E-state index in [0.29, 0.717) is 6.61 Å². The fourth-order valence-corrected chi connectivity index (χ4v) is 2.58. The van der Waals surface area contributed by atoms with Crippen LogP contribution < -0.4 is 4.74 Å². The maximum atomic E-state index is 6.06. The van der Waals surface area contributed by atoms with Gasteiger partial charge >= 0.3 is 0 Å². The Labute approximate surface area is 153 Å². The molecule has 0 N–H and O–H groups in total. The first-order valence-corrected chi connectivity index (χ1v) is 9.17.